The fraction of sp³-hybridized carbons (Fsp3) is 0.375. The van der Waals surface area contributed by atoms with Gasteiger partial charge in [0.25, 0.3) is 5.91 Å². The van der Waals surface area contributed by atoms with Crippen molar-refractivity contribution in [1.29, 1.82) is 0 Å². The first-order valence-electron chi connectivity index (χ1n) is 7.58. The van der Waals surface area contributed by atoms with Gasteiger partial charge in [0.15, 0.2) is 11.9 Å². The van der Waals surface area contributed by atoms with E-state index in [2.05, 4.69) is 10.1 Å². The van der Waals surface area contributed by atoms with Gasteiger partial charge < -0.3 is 14.7 Å². The molecule has 1 amide bonds. The van der Waals surface area contributed by atoms with Crippen LogP contribution in [0.5, 0.6) is 0 Å². The third-order valence-electron chi connectivity index (χ3n) is 3.90. The predicted molar refractivity (Wildman–Crippen MR) is 84.1 cm³/mol. The number of aromatic nitrogens is 3. The number of pyridine rings is 1. The maximum atomic E-state index is 12.6. The van der Waals surface area contributed by atoms with Gasteiger partial charge in [0.05, 0.1) is 24.5 Å². The average molecular weight is 330 g/mol. The Balaban J connectivity index is 1.83. The maximum absolute atomic E-state index is 12.6. The first-order valence-corrected chi connectivity index (χ1v) is 7.58. The number of amides is 1. The van der Waals surface area contributed by atoms with Crippen LogP contribution in [0.15, 0.2) is 24.4 Å². The van der Waals surface area contributed by atoms with Crippen molar-refractivity contribution in [3.8, 4) is 5.82 Å². The van der Waals surface area contributed by atoms with Crippen LogP contribution in [0.25, 0.3) is 5.82 Å². The molecule has 24 heavy (non-hydrogen) atoms. The maximum Gasteiger partial charge on any atom is 0.328 e. The number of hydrogen-bond acceptors (Lipinski definition) is 5. The molecule has 3 rings (SSSR count). The van der Waals surface area contributed by atoms with Crippen LogP contribution in [0.2, 0.25) is 0 Å². The van der Waals surface area contributed by atoms with E-state index in [0.717, 1.165) is 11.4 Å². The Morgan fingerprint density at radius 2 is 2.12 bits per heavy atom. The van der Waals surface area contributed by atoms with E-state index in [0.29, 0.717) is 18.0 Å². The molecule has 2 aromatic heterocycles. The minimum absolute atomic E-state index is 0.00164. The molecule has 1 atom stereocenters. The first-order chi connectivity index (χ1) is 11.5. The minimum atomic E-state index is -1.07. The molecule has 0 aliphatic carbocycles. The third-order valence-corrected chi connectivity index (χ3v) is 3.90. The summed E-state index contributed by atoms with van der Waals surface area (Å²) in [6.45, 7) is 4.39. The van der Waals surface area contributed by atoms with Gasteiger partial charge in [0.2, 0.25) is 0 Å². The number of morpholine rings is 1. The number of hydrogen-bond donors (Lipinski definition) is 1. The summed E-state index contributed by atoms with van der Waals surface area (Å²) in [5.74, 6) is -0.831. The SMILES string of the molecule is Cc1cc(C)n(-c2ccc(C(=O)N3CCOCC3C(=O)O)cn2)n1. The van der Waals surface area contributed by atoms with Crippen LogP contribution in [0.1, 0.15) is 21.7 Å². The van der Waals surface area contributed by atoms with Crippen molar-refractivity contribution in [1.82, 2.24) is 19.7 Å². The van der Waals surface area contributed by atoms with E-state index in [4.69, 9.17) is 4.74 Å². The van der Waals surface area contributed by atoms with Crippen molar-refractivity contribution in [3.05, 3.63) is 41.3 Å². The summed E-state index contributed by atoms with van der Waals surface area (Å²) in [5.41, 5.74) is 2.17. The molecule has 1 saturated heterocycles. The highest BCUT2D eigenvalue weighted by atomic mass is 16.5. The van der Waals surface area contributed by atoms with Gasteiger partial charge in [-0.05, 0) is 32.0 Å². The normalized spacial score (nSPS) is 17.8. The van der Waals surface area contributed by atoms with Crippen molar-refractivity contribution in [2.75, 3.05) is 19.8 Å². The molecule has 0 bridgehead atoms. The second kappa shape index (κ2) is 6.40. The number of carboxylic acids is 1. The fourth-order valence-corrected chi connectivity index (χ4v) is 2.72. The molecule has 126 valence electrons. The molecule has 1 aliphatic rings. The van der Waals surface area contributed by atoms with Crippen LogP contribution in [-0.2, 0) is 9.53 Å². The molecule has 0 spiro atoms. The van der Waals surface area contributed by atoms with Crippen LogP contribution in [0.4, 0.5) is 0 Å². The Morgan fingerprint density at radius 1 is 1.33 bits per heavy atom. The number of ether oxygens (including phenoxy) is 1. The molecule has 3 heterocycles. The van der Waals surface area contributed by atoms with Crippen LogP contribution < -0.4 is 0 Å². The number of nitrogens with zero attached hydrogens (tertiary/aromatic N) is 4. The van der Waals surface area contributed by atoms with Crippen LogP contribution in [0, 0.1) is 13.8 Å². The highest BCUT2D eigenvalue weighted by Crippen LogP contribution is 2.15. The van der Waals surface area contributed by atoms with Crippen molar-refractivity contribution >= 4 is 11.9 Å². The molecule has 1 fully saturated rings. The summed E-state index contributed by atoms with van der Waals surface area (Å²) < 4.78 is 6.84. The molecule has 1 unspecified atom stereocenters. The highest BCUT2D eigenvalue weighted by molar-refractivity contribution is 5.96. The quantitative estimate of drug-likeness (QED) is 0.894. The zero-order chi connectivity index (χ0) is 17.3. The number of aryl methyl sites for hydroxylation is 2. The van der Waals surface area contributed by atoms with Gasteiger partial charge in [-0.25, -0.2) is 14.5 Å². The Bertz CT molecular complexity index is 769. The lowest BCUT2D eigenvalue weighted by atomic mass is 10.1. The molecule has 1 aliphatic heterocycles. The Hall–Kier alpha value is -2.74. The zero-order valence-electron chi connectivity index (χ0n) is 13.5. The molecule has 8 nitrogen and oxygen atoms in total. The smallest absolute Gasteiger partial charge is 0.328 e. The predicted octanol–water partition coefficient (Wildman–Crippen LogP) is 0.810. The fourth-order valence-electron chi connectivity index (χ4n) is 2.72. The molecular formula is C16H18N4O4. The van der Waals surface area contributed by atoms with Gasteiger partial charge in [-0.15, -0.1) is 0 Å². The summed E-state index contributed by atoms with van der Waals surface area (Å²) in [5, 5.41) is 13.6. The summed E-state index contributed by atoms with van der Waals surface area (Å²) in [6, 6.07) is 4.30. The van der Waals surface area contributed by atoms with Crippen molar-refractivity contribution in [2.24, 2.45) is 0 Å². The minimum Gasteiger partial charge on any atom is -0.480 e. The van der Waals surface area contributed by atoms with E-state index in [1.165, 1.54) is 11.1 Å². The standard InChI is InChI=1S/C16H18N4O4/c1-10-7-11(2)20(18-10)14-4-3-12(8-17-14)15(21)19-5-6-24-9-13(19)16(22)23/h3-4,7-8,13H,5-6,9H2,1-2H3,(H,22,23). The summed E-state index contributed by atoms with van der Waals surface area (Å²) in [7, 11) is 0. The lowest BCUT2D eigenvalue weighted by Gasteiger charge is -2.32. The second-order valence-electron chi connectivity index (χ2n) is 5.67. The molecular weight excluding hydrogens is 312 g/mol. The van der Waals surface area contributed by atoms with E-state index in [1.54, 1.807) is 16.8 Å². The first kappa shape index (κ1) is 16.1. The number of rotatable bonds is 3. The number of carbonyl (C=O) groups excluding carboxylic acids is 1. The molecule has 0 aromatic carbocycles. The van der Waals surface area contributed by atoms with Crippen LogP contribution in [-0.4, -0.2) is 62.4 Å². The Morgan fingerprint density at radius 3 is 2.71 bits per heavy atom. The number of carboxylic acid groups (broad SMARTS) is 1. The lowest BCUT2D eigenvalue weighted by molar-refractivity contribution is -0.147. The Kier molecular flexibility index (Phi) is 4.30. The number of carbonyl (C=O) groups is 2. The van der Waals surface area contributed by atoms with Gasteiger partial charge in [0.1, 0.15) is 0 Å². The molecule has 0 saturated carbocycles. The highest BCUT2D eigenvalue weighted by Gasteiger charge is 2.33. The molecule has 0 radical (unpaired) electrons. The average Bonchev–Trinajstić information content (AvgIpc) is 2.92. The van der Waals surface area contributed by atoms with Crippen LogP contribution >= 0.6 is 0 Å². The lowest BCUT2D eigenvalue weighted by Crippen LogP contribution is -2.52. The van der Waals surface area contributed by atoms with Gasteiger partial charge in [-0.3, -0.25) is 4.79 Å². The van der Waals surface area contributed by atoms with Gasteiger partial charge in [-0.1, -0.05) is 0 Å². The van der Waals surface area contributed by atoms with E-state index in [9.17, 15) is 14.7 Å². The Labute approximate surface area is 138 Å². The van der Waals surface area contributed by atoms with Gasteiger partial charge in [-0.2, -0.15) is 5.10 Å². The molecule has 2 aromatic rings. The van der Waals surface area contributed by atoms with E-state index in [-0.39, 0.29) is 19.1 Å². The van der Waals surface area contributed by atoms with E-state index >= 15 is 0 Å². The van der Waals surface area contributed by atoms with Gasteiger partial charge in [0, 0.05) is 18.4 Å². The second-order valence-corrected chi connectivity index (χ2v) is 5.67. The summed E-state index contributed by atoms with van der Waals surface area (Å²) in [4.78, 5) is 29.5. The zero-order valence-corrected chi connectivity index (χ0v) is 13.5. The molecule has 8 heteroatoms. The van der Waals surface area contributed by atoms with Gasteiger partial charge >= 0.3 is 5.97 Å². The monoisotopic (exact) mass is 330 g/mol. The summed E-state index contributed by atoms with van der Waals surface area (Å²) >= 11 is 0. The van der Waals surface area contributed by atoms with Crippen molar-refractivity contribution in [2.45, 2.75) is 19.9 Å². The van der Waals surface area contributed by atoms with E-state index < -0.39 is 12.0 Å². The third kappa shape index (κ3) is 3.00. The van der Waals surface area contributed by atoms with Crippen LogP contribution in [0.3, 0.4) is 0 Å². The topological polar surface area (TPSA) is 97.5 Å². The van der Waals surface area contributed by atoms with Crippen molar-refractivity contribution in [3.63, 3.8) is 0 Å². The molecule has 1 N–H and O–H groups in total. The number of aliphatic carboxylic acids is 1. The summed E-state index contributed by atoms with van der Waals surface area (Å²) in [6.07, 6.45) is 1.45. The largest absolute Gasteiger partial charge is 0.480 e. The van der Waals surface area contributed by atoms with Crippen molar-refractivity contribution < 1.29 is 19.4 Å². The van der Waals surface area contributed by atoms with E-state index in [1.807, 2.05) is 19.9 Å².